The van der Waals surface area contributed by atoms with Gasteiger partial charge in [0.15, 0.2) is 11.6 Å². The predicted octanol–water partition coefficient (Wildman–Crippen LogP) is 1.57. The Morgan fingerprint density at radius 3 is 2.75 bits per heavy atom. The summed E-state index contributed by atoms with van der Waals surface area (Å²) in [6, 6.07) is 6.69. The number of rotatable bonds is 2. The van der Waals surface area contributed by atoms with Gasteiger partial charge in [-0.05, 0) is 12.1 Å². The van der Waals surface area contributed by atoms with E-state index in [-0.39, 0.29) is 11.8 Å². The van der Waals surface area contributed by atoms with Crippen molar-refractivity contribution in [2.24, 2.45) is 0 Å². The lowest BCUT2D eigenvalue weighted by atomic mass is 10.3. The highest BCUT2D eigenvalue weighted by molar-refractivity contribution is 5.44. The Morgan fingerprint density at radius 2 is 2.06 bits per heavy atom. The van der Waals surface area contributed by atoms with Gasteiger partial charge in [0, 0.05) is 11.8 Å². The average Bonchev–Trinajstić information content (AvgIpc) is 2.24. The second kappa shape index (κ2) is 4.01. The number of nitrogens with two attached hydrogens (primary N) is 2. The molecule has 0 spiro atoms. The van der Waals surface area contributed by atoms with Gasteiger partial charge >= 0.3 is 6.01 Å². The summed E-state index contributed by atoms with van der Waals surface area (Å²) >= 11 is 0. The average molecular weight is 220 g/mol. The Kier molecular flexibility index (Phi) is 2.55. The van der Waals surface area contributed by atoms with Gasteiger partial charge in [-0.25, -0.2) is 9.37 Å². The van der Waals surface area contributed by atoms with Crippen molar-refractivity contribution in [3.8, 4) is 11.8 Å². The van der Waals surface area contributed by atoms with Crippen molar-refractivity contribution < 1.29 is 9.13 Å². The molecule has 0 fully saturated rings. The van der Waals surface area contributed by atoms with Gasteiger partial charge in [-0.15, -0.1) is 0 Å². The zero-order valence-corrected chi connectivity index (χ0v) is 8.22. The molecule has 0 unspecified atom stereocenters. The largest absolute Gasteiger partial charge is 0.424 e. The molecule has 2 rings (SSSR count). The Bertz CT molecular complexity index is 518. The molecule has 6 heteroatoms. The fraction of sp³-hybridized carbons (Fsp3) is 0. The lowest BCUT2D eigenvalue weighted by Crippen LogP contribution is -1.99. The maximum absolute atomic E-state index is 12.8. The summed E-state index contributed by atoms with van der Waals surface area (Å²) in [6.45, 7) is 0. The van der Waals surface area contributed by atoms with Gasteiger partial charge in [-0.3, -0.25) is 0 Å². The summed E-state index contributed by atoms with van der Waals surface area (Å²) in [4.78, 5) is 7.26. The first-order chi connectivity index (χ1) is 7.65. The third-order valence-electron chi connectivity index (χ3n) is 1.82. The molecule has 82 valence electrons. The molecule has 0 atom stereocenters. The van der Waals surface area contributed by atoms with E-state index in [2.05, 4.69) is 9.97 Å². The van der Waals surface area contributed by atoms with Crippen LogP contribution in [0.15, 0.2) is 30.5 Å². The van der Waals surface area contributed by atoms with Crippen molar-refractivity contribution >= 4 is 11.5 Å². The van der Waals surface area contributed by atoms with Gasteiger partial charge in [0.05, 0.1) is 6.20 Å². The molecule has 0 aliphatic carbocycles. The van der Waals surface area contributed by atoms with Crippen molar-refractivity contribution in [1.82, 2.24) is 9.97 Å². The number of aromatic nitrogens is 2. The number of benzene rings is 1. The van der Waals surface area contributed by atoms with Crippen molar-refractivity contribution in [2.75, 3.05) is 11.5 Å². The fourth-order valence-corrected chi connectivity index (χ4v) is 1.10. The van der Waals surface area contributed by atoms with Crippen LogP contribution in [0.25, 0.3) is 0 Å². The van der Waals surface area contributed by atoms with Crippen LogP contribution < -0.4 is 16.2 Å². The lowest BCUT2D eigenvalue weighted by Gasteiger charge is -2.04. The van der Waals surface area contributed by atoms with E-state index in [0.29, 0.717) is 11.4 Å². The maximum Gasteiger partial charge on any atom is 0.324 e. The lowest BCUT2D eigenvalue weighted by molar-refractivity contribution is 0.438. The maximum atomic E-state index is 12.8. The molecule has 0 aliphatic heterocycles. The van der Waals surface area contributed by atoms with Gasteiger partial charge in [0.2, 0.25) is 0 Å². The molecule has 2 aromatic rings. The number of hydrogen-bond acceptors (Lipinski definition) is 5. The molecule has 16 heavy (non-hydrogen) atoms. The summed E-state index contributed by atoms with van der Waals surface area (Å²) in [6.07, 6.45) is 0.948. The SMILES string of the molecule is Nc1cccc(Oc2ncc(F)c(N)n2)c1. The van der Waals surface area contributed by atoms with Crippen LogP contribution in [0.1, 0.15) is 0 Å². The fourth-order valence-electron chi connectivity index (χ4n) is 1.10. The Labute approximate surface area is 90.9 Å². The Morgan fingerprint density at radius 1 is 1.25 bits per heavy atom. The van der Waals surface area contributed by atoms with Crippen molar-refractivity contribution in [3.05, 3.63) is 36.3 Å². The van der Waals surface area contributed by atoms with Crippen molar-refractivity contribution in [2.45, 2.75) is 0 Å². The van der Waals surface area contributed by atoms with Crippen LogP contribution in [0.2, 0.25) is 0 Å². The predicted molar refractivity (Wildman–Crippen MR) is 57.3 cm³/mol. The third-order valence-corrected chi connectivity index (χ3v) is 1.82. The molecule has 4 N–H and O–H groups in total. The molecule has 1 heterocycles. The normalized spacial score (nSPS) is 10.1. The van der Waals surface area contributed by atoms with Gasteiger partial charge < -0.3 is 16.2 Å². The van der Waals surface area contributed by atoms with Crippen LogP contribution in [0.4, 0.5) is 15.9 Å². The number of nitrogen functional groups attached to an aromatic ring is 2. The summed E-state index contributed by atoms with van der Waals surface area (Å²) < 4.78 is 18.0. The number of halogens is 1. The second-order valence-corrected chi connectivity index (χ2v) is 3.06. The van der Waals surface area contributed by atoms with E-state index in [1.165, 1.54) is 0 Å². The summed E-state index contributed by atoms with van der Waals surface area (Å²) in [5, 5.41) is 0. The van der Waals surface area contributed by atoms with Crippen LogP contribution >= 0.6 is 0 Å². The standard InChI is InChI=1S/C10H9FN4O/c11-8-5-14-10(15-9(8)13)16-7-3-1-2-6(12)4-7/h1-5H,12H2,(H2,13,14,15). The highest BCUT2D eigenvalue weighted by atomic mass is 19.1. The summed E-state index contributed by atoms with van der Waals surface area (Å²) in [7, 11) is 0. The monoisotopic (exact) mass is 220 g/mol. The first kappa shape index (κ1) is 10.2. The Hall–Kier alpha value is -2.37. The highest BCUT2D eigenvalue weighted by Crippen LogP contribution is 2.20. The molecular weight excluding hydrogens is 211 g/mol. The topological polar surface area (TPSA) is 87.0 Å². The van der Waals surface area contributed by atoms with Gasteiger partial charge in [0.25, 0.3) is 0 Å². The molecule has 0 radical (unpaired) electrons. The van der Waals surface area contributed by atoms with Crippen LogP contribution in [0.5, 0.6) is 11.8 Å². The van der Waals surface area contributed by atoms with Gasteiger partial charge in [-0.2, -0.15) is 4.98 Å². The molecule has 1 aromatic heterocycles. The van der Waals surface area contributed by atoms with Crippen LogP contribution in [0, 0.1) is 5.82 Å². The number of nitrogens with zero attached hydrogens (tertiary/aromatic N) is 2. The molecule has 0 aliphatic rings. The second-order valence-electron chi connectivity index (χ2n) is 3.06. The van der Waals surface area contributed by atoms with E-state index in [9.17, 15) is 4.39 Å². The minimum atomic E-state index is -0.681. The smallest absolute Gasteiger partial charge is 0.324 e. The number of anilines is 2. The molecular formula is C10H9FN4O. The first-order valence-corrected chi connectivity index (χ1v) is 4.46. The van der Waals surface area contributed by atoms with Gasteiger partial charge in [-0.1, -0.05) is 6.07 Å². The molecule has 1 aromatic carbocycles. The van der Waals surface area contributed by atoms with Crippen LogP contribution in [-0.4, -0.2) is 9.97 Å². The third kappa shape index (κ3) is 2.17. The number of hydrogen-bond donors (Lipinski definition) is 2. The Balaban J connectivity index is 2.24. The van der Waals surface area contributed by atoms with E-state index in [0.717, 1.165) is 6.20 Å². The quantitative estimate of drug-likeness (QED) is 0.750. The summed E-state index contributed by atoms with van der Waals surface area (Å²) in [5.74, 6) is -0.472. The minimum Gasteiger partial charge on any atom is -0.424 e. The zero-order chi connectivity index (χ0) is 11.5. The molecule has 5 nitrogen and oxygen atoms in total. The van der Waals surface area contributed by atoms with E-state index < -0.39 is 5.82 Å². The minimum absolute atomic E-state index is 0.0236. The van der Waals surface area contributed by atoms with Crippen molar-refractivity contribution in [3.63, 3.8) is 0 Å². The van der Waals surface area contributed by atoms with Crippen LogP contribution in [-0.2, 0) is 0 Å². The highest BCUT2D eigenvalue weighted by Gasteiger charge is 2.05. The molecule has 0 saturated heterocycles. The van der Waals surface area contributed by atoms with E-state index in [1.807, 2.05) is 0 Å². The molecule has 0 amide bonds. The van der Waals surface area contributed by atoms with E-state index in [1.54, 1.807) is 24.3 Å². The van der Waals surface area contributed by atoms with Gasteiger partial charge in [0.1, 0.15) is 5.75 Å². The van der Waals surface area contributed by atoms with E-state index in [4.69, 9.17) is 16.2 Å². The molecule has 0 saturated carbocycles. The van der Waals surface area contributed by atoms with Crippen molar-refractivity contribution in [1.29, 1.82) is 0 Å². The van der Waals surface area contributed by atoms with Crippen LogP contribution in [0.3, 0.4) is 0 Å². The number of ether oxygens (including phenoxy) is 1. The molecule has 0 bridgehead atoms. The zero-order valence-electron chi connectivity index (χ0n) is 8.22. The summed E-state index contributed by atoms with van der Waals surface area (Å²) in [5.41, 5.74) is 11.4. The van der Waals surface area contributed by atoms with E-state index >= 15 is 0 Å². The first-order valence-electron chi connectivity index (χ1n) is 4.46.